The third-order valence-electron chi connectivity index (χ3n) is 4.95. The number of carbonyl (C=O) groups is 1. The maximum absolute atomic E-state index is 13.4. The average Bonchev–Trinajstić information content (AvgIpc) is 2.80. The van der Waals surface area contributed by atoms with E-state index in [4.69, 9.17) is 0 Å². The number of benzene rings is 3. The molecule has 0 fully saturated rings. The first-order valence-electron chi connectivity index (χ1n) is 9.78. The van der Waals surface area contributed by atoms with Crippen LogP contribution in [0.2, 0.25) is 0 Å². The molecule has 1 heterocycles. The predicted molar refractivity (Wildman–Crippen MR) is 115 cm³/mol. The molecule has 0 saturated carbocycles. The molecule has 3 aromatic carbocycles. The lowest BCUT2D eigenvalue weighted by atomic mass is 10.1. The first-order chi connectivity index (χ1) is 15.0. The fourth-order valence-electron chi connectivity index (χ4n) is 3.37. The molecule has 7 heteroatoms. The molecule has 1 atom stereocenters. The van der Waals surface area contributed by atoms with Gasteiger partial charge in [0, 0.05) is 11.9 Å². The second kappa shape index (κ2) is 8.89. The van der Waals surface area contributed by atoms with Crippen molar-refractivity contribution in [3.63, 3.8) is 0 Å². The minimum absolute atomic E-state index is 0.0811. The first kappa shape index (κ1) is 20.4. The van der Waals surface area contributed by atoms with Crippen LogP contribution >= 0.6 is 0 Å². The van der Waals surface area contributed by atoms with Gasteiger partial charge in [-0.25, -0.2) is 9.07 Å². The number of nitrogens with one attached hydrogen (secondary N) is 1. The summed E-state index contributed by atoms with van der Waals surface area (Å²) in [6, 6.07) is 21.7. The number of aromatic nitrogens is 2. The van der Waals surface area contributed by atoms with E-state index >= 15 is 0 Å². The van der Waals surface area contributed by atoms with Gasteiger partial charge in [0.25, 0.3) is 11.5 Å². The van der Waals surface area contributed by atoms with Gasteiger partial charge in [-0.2, -0.15) is 5.10 Å². The van der Waals surface area contributed by atoms with Gasteiger partial charge < -0.3 is 10.4 Å². The number of rotatable bonds is 6. The van der Waals surface area contributed by atoms with Gasteiger partial charge >= 0.3 is 0 Å². The fraction of sp³-hybridized carbons (Fsp3) is 0.125. The molecule has 0 aliphatic carbocycles. The van der Waals surface area contributed by atoms with Crippen LogP contribution in [0.1, 0.15) is 27.7 Å². The van der Waals surface area contributed by atoms with Crippen molar-refractivity contribution < 1.29 is 14.3 Å². The summed E-state index contributed by atoms with van der Waals surface area (Å²) in [4.78, 5) is 25.8. The topological polar surface area (TPSA) is 84.2 Å². The van der Waals surface area contributed by atoms with Crippen LogP contribution in [0.5, 0.6) is 0 Å². The number of aliphatic hydroxyl groups is 1. The number of halogens is 1. The highest BCUT2D eigenvalue weighted by atomic mass is 19.1. The summed E-state index contributed by atoms with van der Waals surface area (Å²) in [5.74, 6) is -1.00. The number of amides is 1. The SMILES string of the molecule is O=C(NCC(O)c1cccc(F)c1)c1nn(Cc2ccccc2)c(=O)c2ccccc12. The first-order valence-corrected chi connectivity index (χ1v) is 9.78. The smallest absolute Gasteiger partial charge is 0.274 e. The zero-order valence-corrected chi connectivity index (χ0v) is 16.5. The lowest BCUT2D eigenvalue weighted by Crippen LogP contribution is -2.33. The largest absolute Gasteiger partial charge is 0.387 e. The number of fused-ring (bicyclic) bond motifs is 1. The molecular weight excluding hydrogens is 397 g/mol. The van der Waals surface area contributed by atoms with E-state index in [1.807, 2.05) is 30.3 Å². The van der Waals surface area contributed by atoms with Crippen molar-refractivity contribution in [2.45, 2.75) is 12.6 Å². The van der Waals surface area contributed by atoms with E-state index in [-0.39, 0.29) is 24.3 Å². The second-order valence-corrected chi connectivity index (χ2v) is 7.12. The molecule has 1 amide bonds. The van der Waals surface area contributed by atoms with E-state index in [1.165, 1.54) is 22.9 Å². The third-order valence-corrected chi connectivity index (χ3v) is 4.95. The van der Waals surface area contributed by atoms with Gasteiger partial charge in [0.05, 0.1) is 18.0 Å². The Balaban J connectivity index is 1.63. The second-order valence-electron chi connectivity index (χ2n) is 7.12. The van der Waals surface area contributed by atoms with E-state index in [2.05, 4.69) is 10.4 Å². The lowest BCUT2D eigenvalue weighted by Gasteiger charge is -2.14. The van der Waals surface area contributed by atoms with Gasteiger partial charge in [-0.05, 0) is 29.3 Å². The molecule has 0 radical (unpaired) electrons. The van der Waals surface area contributed by atoms with E-state index < -0.39 is 17.8 Å². The van der Waals surface area contributed by atoms with Gasteiger partial charge in [0.1, 0.15) is 5.82 Å². The number of aliphatic hydroxyl groups excluding tert-OH is 1. The fourth-order valence-corrected chi connectivity index (χ4v) is 3.37. The molecule has 0 saturated heterocycles. The molecule has 1 aromatic heterocycles. The maximum Gasteiger partial charge on any atom is 0.274 e. The average molecular weight is 417 g/mol. The molecule has 0 aliphatic heterocycles. The van der Waals surface area contributed by atoms with E-state index in [9.17, 15) is 19.1 Å². The number of nitrogens with zero attached hydrogens (tertiary/aromatic N) is 2. The Bertz CT molecular complexity index is 1290. The van der Waals surface area contributed by atoms with E-state index in [0.29, 0.717) is 16.3 Å². The molecule has 6 nitrogen and oxygen atoms in total. The maximum atomic E-state index is 13.4. The van der Waals surface area contributed by atoms with E-state index in [1.54, 1.807) is 30.3 Å². The molecule has 1 unspecified atom stereocenters. The monoisotopic (exact) mass is 417 g/mol. The Hall–Kier alpha value is -3.84. The van der Waals surface area contributed by atoms with Crippen molar-refractivity contribution in [2.24, 2.45) is 0 Å². The number of hydrogen-bond acceptors (Lipinski definition) is 4. The van der Waals surface area contributed by atoms with Crippen LogP contribution in [0, 0.1) is 5.82 Å². The Kier molecular flexibility index (Phi) is 5.86. The van der Waals surface area contributed by atoms with Crippen LogP contribution in [0.15, 0.2) is 83.7 Å². The molecule has 156 valence electrons. The molecule has 4 rings (SSSR count). The zero-order chi connectivity index (χ0) is 21.8. The summed E-state index contributed by atoms with van der Waals surface area (Å²) >= 11 is 0. The van der Waals surface area contributed by atoms with Crippen molar-refractivity contribution in [1.29, 1.82) is 0 Å². The van der Waals surface area contributed by atoms with Crippen LogP contribution in [-0.4, -0.2) is 27.3 Å². The van der Waals surface area contributed by atoms with Gasteiger partial charge in [-0.3, -0.25) is 9.59 Å². The standard InChI is InChI=1S/C24H20FN3O3/c25-18-10-6-9-17(13-18)21(29)14-26-23(30)22-19-11-4-5-12-20(19)24(31)28(27-22)15-16-7-2-1-3-8-16/h1-13,21,29H,14-15H2,(H,26,30). The van der Waals surface area contributed by atoms with Crippen LogP contribution in [0.3, 0.4) is 0 Å². The third kappa shape index (κ3) is 4.51. The lowest BCUT2D eigenvalue weighted by molar-refractivity contribution is 0.0911. The Labute approximate surface area is 177 Å². The van der Waals surface area contributed by atoms with Crippen LogP contribution in [-0.2, 0) is 6.54 Å². The van der Waals surface area contributed by atoms with Gasteiger partial charge in [-0.1, -0.05) is 60.7 Å². The van der Waals surface area contributed by atoms with Crippen LogP contribution in [0.4, 0.5) is 4.39 Å². The van der Waals surface area contributed by atoms with Gasteiger partial charge in [0.15, 0.2) is 5.69 Å². The highest BCUT2D eigenvalue weighted by Gasteiger charge is 2.18. The summed E-state index contributed by atoms with van der Waals surface area (Å²) in [6.45, 7) is 0.0901. The number of hydrogen-bond donors (Lipinski definition) is 2. The normalized spacial score (nSPS) is 11.9. The number of carbonyl (C=O) groups excluding carboxylic acids is 1. The summed E-state index contributed by atoms with van der Waals surface area (Å²) in [7, 11) is 0. The molecule has 2 N–H and O–H groups in total. The molecule has 31 heavy (non-hydrogen) atoms. The highest BCUT2D eigenvalue weighted by Crippen LogP contribution is 2.16. The van der Waals surface area contributed by atoms with Crippen molar-refractivity contribution in [3.8, 4) is 0 Å². The predicted octanol–water partition coefficient (Wildman–Crippen LogP) is 3.05. The summed E-state index contributed by atoms with van der Waals surface area (Å²) in [5.41, 5.74) is 1.01. The van der Waals surface area contributed by atoms with Crippen LogP contribution < -0.4 is 10.9 Å². The zero-order valence-electron chi connectivity index (χ0n) is 16.5. The Morgan fingerprint density at radius 1 is 1.00 bits per heavy atom. The van der Waals surface area contributed by atoms with Gasteiger partial charge in [-0.15, -0.1) is 0 Å². The van der Waals surface area contributed by atoms with Crippen molar-refractivity contribution in [2.75, 3.05) is 6.54 Å². The molecule has 0 bridgehead atoms. The van der Waals surface area contributed by atoms with Crippen molar-refractivity contribution in [1.82, 2.24) is 15.1 Å². The molecule has 0 spiro atoms. The van der Waals surface area contributed by atoms with Crippen molar-refractivity contribution >= 4 is 16.7 Å². The molecule has 0 aliphatic rings. The van der Waals surface area contributed by atoms with Crippen LogP contribution in [0.25, 0.3) is 10.8 Å². The highest BCUT2D eigenvalue weighted by molar-refractivity contribution is 6.04. The summed E-state index contributed by atoms with van der Waals surface area (Å²) < 4.78 is 14.6. The molecular formula is C24H20FN3O3. The quantitative estimate of drug-likeness (QED) is 0.505. The summed E-state index contributed by atoms with van der Waals surface area (Å²) in [5, 5.41) is 18.0. The van der Waals surface area contributed by atoms with E-state index in [0.717, 1.165) is 5.56 Å². The van der Waals surface area contributed by atoms with Crippen molar-refractivity contribution in [3.05, 3.63) is 112 Å². The van der Waals surface area contributed by atoms with Gasteiger partial charge in [0.2, 0.25) is 0 Å². The minimum Gasteiger partial charge on any atom is -0.387 e. The minimum atomic E-state index is -1.08. The Morgan fingerprint density at radius 2 is 1.71 bits per heavy atom. The summed E-state index contributed by atoms with van der Waals surface area (Å²) in [6.07, 6.45) is -1.08. The molecule has 4 aromatic rings. The Morgan fingerprint density at radius 3 is 2.45 bits per heavy atom.